The minimum atomic E-state index is 0.365. The highest BCUT2D eigenvalue weighted by atomic mass is 35.5. The third-order valence-electron chi connectivity index (χ3n) is 2.53. The van der Waals surface area contributed by atoms with Gasteiger partial charge in [-0.05, 0) is 30.3 Å². The van der Waals surface area contributed by atoms with E-state index in [1.54, 1.807) is 30.5 Å². The molecule has 0 fully saturated rings. The van der Waals surface area contributed by atoms with E-state index in [4.69, 9.17) is 26.3 Å². The molecule has 5 nitrogen and oxygen atoms in total. The second-order valence-corrected chi connectivity index (χ2v) is 5.42. The van der Waals surface area contributed by atoms with Crippen LogP contribution in [0.25, 0.3) is 11.7 Å². The molecule has 0 aliphatic rings. The van der Waals surface area contributed by atoms with Gasteiger partial charge in [-0.3, -0.25) is 0 Å². The number of halogens is 1. The van der Waals surface area contributed by atoms with Gasteiger partial charge < -0.3 is 14.7 Å². The molecule has 0 unspecified atom stereocenters. The molecule has 102 valence electrons. The van der Waals surface area contributed by atoms with Crippen LogP contribution in [0.5, 0.6) is 0 Å². The van der Waals surface area contributed by atoms with Gasteiger partial charge in [0.1, 0.15) is 0 Å². The Labute approximate surface area is 124 Å². The van der Waals surface area contributed by atoms with E-state index >= 15 is 0 Å². The zero-order valence-electron chi connectivity index (χ0n) is 10.2. The normalized spacial score (nSPS) is 10.8. The van der Waals surface area contributed by atoms with Gasteiger partial charge in [-0.25, -0.2) is 0 Å². The fraction of sp³-hybridized carbons (Fsp3) is 0.0769. The summed E-state index contributed by atoms with van der Waals surface area (Å²) in [4.78, 5) is 5.14. The van der Waals surface area contributed by atoms with Gasteiger partial charge in [-0.1, -0.05) is 16.8 Å². The largest absolute Gasteiger partial charge is 0.459 e. The quantitative estimate of drug-likeness (QED) is 0.582. The molecule has 0 bridgehead atoms. The first kappa shape index (κ1) is 13.1. The van der Waals surface area contributed by atoms with Gasteiger partial charge in [0.2, 0.25) is 0 Å². The minimum Gasteiger partial charge on any atom is -0.459 e. The lowest BCUT2D eigenvalue weighted by atomic mass is 10.3. The second-order valence-electron chi connectivity index (χ2n) is 3.96. The van der Waals surface area contributed by atoms with Crippen LogP contribution in [0.3, 0.4) is 0 Å². The van der Waals surface area contributed by atoms with Crippen LogP contribution in [0.2, 0.25) is 5.02 Å². The van der Waals surface area contributed by atoms with Crippen molar-refractivity contribution < 1.29 is 8.94 Å². The molecule has 2 N–H and O–H groups in total. The van der Waals surface area contributed by atoms with Gasteiger partial charge in [0.05, 0.1) is 12.0 Å². The average Bonchev–Trinajstić information content (AvgIpc) is 3.09. The van der Waals surface area contributed by atoms with E-state index in [2.05, 4.69) is 10.1 Å². The van der Waals surface area contributed by atoms with Crippen molar-refractivity contribution in [1.82, 2.24) is 10.1 Å². The van der Waals surface area contributed by atoms with E-state index in [-0.39, 0.29) is 0 Å². The number of hydrogen-bond acceptors (Lipinski definition) is 6. The van der Waals surface area contributed by atoms with Crippen LogP contribution in [0, 0.1) is 0 Å². The molecule has 0 aliphatic heterocycles. The number of aromatic nitrogens is 2. The van der Waals surface area contributed by atoms with Gasteiger partial charge in [0, 0.05) is 15.6 Å². The van der Waals surface area contributed by atoms with Gasteiger partial charge in [-0.15, -0.1) is 11.8 Å². The van der Waals surface area contributed by atoms with Crippen molar-refractivity contribution in [3.63, 3.8) is 0 Å². The van der Waals surface area contributed by atoms with E-state index < -0.39 is 0 Å². The van der Waals surface area contributed by atoms with Crippen molar-refractivity contribution >= 4 is 29.1 Å². The number of anilines is 1. The molecule has 7 heteroatoms. The Balaban J connectivity index is 1.71. The van der Waals surface area contributed by atoms with E-state index in [0.29, 0.717) is 33.9 Å². The predicted octanol–water partition coefficient (Wildman–Crippen LogP) is 3.86. The lowest BCUT2D eigenvalue weighted by molar-refractivity contribution is 0.411. The number of furan rings is 1. The highest BCUT2D eigenvalue weighted by Gasteiger charge is 2.11. The fourth-order valence-electron chi connectivity index (χ4n) is 1.59. The summed E-state index contributed by atoms with van der Waals surface area (Å²) in [6.07, 6.45) is 1.56. The Kier molecular flexibility index (Phi) is 3.66. The lowest BCUT2D eigenvalue weighted by Crippen LogP contribution is -1.90. The summed E-state index contributed by atoms with van der Waals surface area (Å²) in [5.41, 5.74) is 6.55. The Hall–Kier alpha value is -1.92. The number of nitrogens with two attached hydrogens (primary N) is 1. The van der Waals surface area contributed by atoms with Crippen LogP contribution in [-0.4, -0.2) is 10.1 Å². The number of rotatable bonds is 4. The van der Waals surface area contributed by atoms with Crippen molar-refractivity contribution in [2.24, 2.45) is 0 Å². The molecule has 1 aromatic carbocycles. The maximum absolute atomic E-state index is 5.94. The van der Waals surface area contributed by atoms with Gasteiger partial charge >= 0.3 is 0 Å². The smallest absolute Gasteiger partial charge is 0.293 e. The van der Waals surface area contributed by atoms with Gasteiger partial charge in [0.15, 0.2) is 11.6 Å². The number of thioether (sulfide) groups is 1. The van der Waals surface area contributed by atoms with Crippen molar-refractivity contribution in [3.05, 3.63) is 47.4 Å². The highest BCUT2D eigenvalue weighted by Crippen LogP contribution is 2.30. The summed E-state index contributed by atoms with van der Waals surface area (Å²) < 4.78 is 10.3. The van der Waals surface area contributed by atoms with Crippen LogP contribution >= 0.6 is 23.4 Å². The summed E-state index contributed by atoms with van der Waals surface area (Å²) >= 11 is 7.44. The van der Waals surface area contributed by atoms with E-state index in [1.807, 2.05) is 6.07 Å². The minimum absolute atomic E-state index is 0.365. The second kappa shape index (κ2) is 5.60. The van der Waals surface area contributed by atoms with E-state index in [9.17, 15) is 0 Å². The first-order valence-corrected chi connectivity index (χ1v) is 7.13. The molecule has 0 atom stereocenters. The van der Waals surface area contributed by atoms with Gasteiger partial charge in [-0.2, -0.15) is 4.98 Å². The molecule has 0 amide bonds. The molecular weight excluding hydrogens is 298 g/mol. The van der Waals surface area contributed by atoms with Gasteiger partial charge in [0.25, 0.3) is 5.89 Å². The van der Waals surface area contributed by atoms with E-state index in [0.717, 1.165) is 4.90 Å². The Morgan fingerprint density at radius 2 is 2.20 bits per heavy atom. The summed E-state index contributed by atoms with van der Waals surface area (Å²) in [6.45, 7) is 0. The maximum Gasteiger partial charge on any atom is 0.293 e. The summed E-state index contributed by atoms with van der Waals surface area (Å²) in [7, 11) is 0. The van der Waals surface area contributed by atoms with Crippen LogP contribution in [0.1, 0.15) is 5.82 Å². The number of benzene rings is 1. The number of nitrogen functional groups attached to an aromatic ring is 1. The third-order valence-corrected chi connectivity index (χ3v) is 3.83. The van der Waals surface area contributed by atoms with Crippen LogP contribution in [-0.2, 0) is 5.75 Å². The molecule has 0 radical (unpaired) electrons. The standard InChI is InChI=1S/C13H10ClN3O2S/c14-8-3-4-9(15)11(6-8)20-7-12-16-13(19-17-12)10-2-1-5-18-10/h1-6H,7,15H2. The zero-order chi connectivity index (χ0) is 13.9. The Morgan fingerprint density at radius 3 is 3.00 bits per heavy atom. The molecular formula is C13H10ClN3O2S. The monoisotopic (exact) mass is 307 g/mol. The number of hydrogen-bond donors (Lipinski definition) is 1. The SMILES string of the molecule is Nc1ccc(Cl)cc1SCc1noc(-c2ccco2)n1. The van der Waals surface area contributed by atoms with Crippen molar-refractivity contribution in [2.45, 2.75) is 10.6 Å². The van der Waals surface area contributed by atoms with Crippen LogP contribution in [0.15, 0.2) is 50.4 Å². The number of nitrogens with zero attached hydrogens (tertiary/aromatic N) is 2. The molecule has 0 saturated heterocycles. The van der Waals surface area contributed by atoms with Crippen LogP contribution in [0.4, 0.5) is 5.69 Å². The molecule has 2 aromatic heterocycles. The Morgan fingerprint density at radius 1 is 1.30 bits per heavy atom. The first-order valence-electron chi connectivity index (χ1n) is 5.76. The molecule has 0 saturated carbocycles. The van der Waals surface area contributed by atoms with Crippen molar-refractivity contribution in [1.29, 1.82) is 0 Å². The topological polar surface area (TPSA) is 78.1 Å². The molecule has 2 heterocycles. The molecule has 3 aromatic rings. The molecule has 0 aliphatic carbocycles. The first-order chi connectivity index (χ1) is 9.72. The summed E-state index contributed by atoms with van der Waals surface area (Å²) in [6, 6.07) is 8.87. The predicted molar refractivity (Wildman–Crippen MR) is 77.4 cm³/mol. The fourth-order valence-corrected chi connectivity index (χ4v) is 2.67. The maximum atomic E-state index is 5.94. The molecule has 0 spiro atoms. The highest BCUT2D eigenvalue weighted by molar-refractivity contribution is 7.98. The zero-order valence-corrected chi connectivity index (χ0v) is 11.8. The van der Waals surface area contributed by atoms with Crippen molar-refractivity contribution in [3.8, 4) is 11.7 Å². The summed E-state index contributed by atoms with van der Waals surface area (Å²) in [5, 5.41) is 4.54. The van der Waals surface area contributed by atoms with Crippen molar-refractivity contribution in [2.75, 3.05) is 5.73 Å². The molecule has 3 rings (SSSR count). The lowest BCUT2D eigenvalue weighted by Gasteiger charge is -2.03. The van der Waals surface area contributed by atoms with E-state index in [1.165, 1.54) is 11.8 Å². The third kappa shape index (κ3) is 2.81. The molecule has 20 heavy (non-hydrogen) atoms. The average molecular weight is 308 g/mol. The van der Waals surface area contributed by atoms with Crippen LogP contribution < -0.4 is 5.73 Å². The Bertz CT molecular complexity index is 712. The summed E-state index contributed by atoms with van der Waals surface area (Å²) in [5.74, 6) is 2.02.